The van der Waals surface area contributed by atoms with Crippen LogP contribution in [0.25, 0.3) is 0 Å². The van der Waals surface area contributed by atoms with Crippen molar-refractivity contribution in [2.75, 3.05) is 39.3 Å². The van der Waals surface area contributed by atoms with E-state index in [9.17, 15) is 4.79 Å². The Bertz CT molecular complexity index is 450. The number of rotatable bonds is 2. The summed E-state index contributed by atoms with van der Waals surface area (Å²) in [6.45, 7) is 5.95. The lowest BCUT2D eigenvalue weighted by Gasteiger charge is -2.37. The Morgan fingerprint density at radius 1 is 1.32 bits per heavy atom. The summed E-state index contributed by atoms with van der Waals surface area (Å²) in [6.07, 6.45) is 1.24. The number of carbonyl (C=O) groups excluding carboxylic acids is 1. The molecule has 0 spiro atoms. The number of carbonyl (C=O) groups is 1. The first-order chi connectivity index (χ1) is 9.24. The molecule has 2 fully saturated rings. The van der Waals surface area contributed by atoms with E-state index in [1.807, 2.05) is 17.0 Å². The van der Waals surface area contributed by atoms with Crippen LogP contribution < -0.4 is 5.32 Å². The van der Waals surface area contributed by atoms with Crippen LogP contribution in [0.1, 0.15) is 16.1 Å². The highest BCUT2D eigenvalue weighted by atomic mass is 79.9. The highest BCUT2D eigenvalue weighted by molar-refractivity contribution is 9.11. The predicted octanol–water partition coefficient (Wildman–Crippen LogP) is 1.63. The van der Waals surface area contributed by atoms with Crippen LogP contribution in [-0.4, -0.2) is 61.0 Å². The van der Waals surface area contributed by atoms with E-state index in [4.69, 9.17) is 0 Å². The first-order valence-electron chi connectivity index (χ1n) is 6.73. The maximum atomic E-state index is 12.3. The van der Waals surface area contributed by atoms with Crippen molar-refractivity contribution in [1.29, 1.82) is 0 Å². The summed E-state index contributed by atoms with van der Waals surface area (Å²) < 4.78 is 1.02. The van der Waals surface area contributed by atoms with Gasteiger partial charge in [0.05, 0.1) is 8.66 Å². The topological polar surface area (TPSA) is 35.6 Å². The Labute approximate surface area is 125 Å². The van der Waals surface area contributed by atoms with Crippen molar-refractivity contribution in [3.63, 3.8) is 0 Å². The summed E-state index contributed by atoms with van der Waals surface area (Å²) in [5.41, 5.74) is 0. The number of thiophene rings is 1. The molecule has 3 rings (SSSR count). The molecule has 1 unspecified atom stereocenters. The molecule has 1 aromatic rings. The lowest BCUT2D eigenvalue weighted by atomic mass is 10.2. The molecule has 6 heteroatoms. The molecule has 1 N–H and O–H groups in total. The van der Waals surface area contributed by atoms with Gasteiger partial charge < -0.3 is 10.2 Å². The Kier molecular flexibility index (Phi) is 4.21. The summed E-state index contributed by atoms with van der Waals surface area (Å²) in [5.74, 6) is 0.180. The third-order valence-corrected chi connectivity index (χ3v) is 5.55. The molecule has 104 valence electrons. The fourth-order valence-electron chi connectivity index (χ4n) is 2.83. The maximum Gasteiger partial charge on any atom is 0.264 e. The molecule has 0 radical (unpaired) electrons. The van der Waals surface area contributed by atoms with Crippen LogP contribution in [0.5, 0.6) is 0 Å². The SMILES string of the molecule is O=C(c1ccc(Br)s1)N1CCN(C2CCNC2)CC1. The van der Waals surface area contributed by atoms with Gasteiger partial charge in [-0.25, -0.2) is 0 Å². The number of hydrogen-bond acceptors (Lipinski definition) is 4. The van der Waals surface area contributed by atoms with Crippen LogP contribution >= 0.6 is 27.3 Å². The molecule has 0 saturated carbocycles. The van der Waals surface area contributed by atoms with E-state index >= 15 is 0 Å². The van der Waals surface area contributed by atoms with Crippen LogP contribution in [0.3, 0.4) is 0 Å². The van der Waals surface area contributed by atoms with Crippen molar-refractivity contribution in [2.45, 2.75) is 12.5 Å². The summed E-state index contributed by atoms with van der Waals surface area (Å²) in [6, 6.07) is 4.52. The minimum absolute atomic E-state index is 0.180. The molecular weight excluding hydrogens is 326 g/mol. The first kappa shape index (κ1) is 13.5. The lowest BCUT2D eigenvalue weighted by molar-refractivity contribution is 0.0588. The summed E-state index contributed by atoms with van der Waals surface area (Å²) >= 11 is 4.93. The van der Waals surface area contributed by atoms with Gasteiger partial charge in [0.25, 0.3) is 5.91 Å². The van der Waals surface area contributed by atoms with E-state index in [0.717, 1.165) is 47.9 Å². The second-order valence-electron chi connectivity index (χ2n) is 5.08. The summed E-state index contributed by atoms with van der Waals surface area (Å²) in [7, 11) is 0. The zero-order valence-corrected chi connectivity index (χ0v) is 13.2. The Morgan fingerprint density at radius 3 is 2.68 bits per heavy atom. The van der Waals surface area contributed by atoms with E-state index in [1.54, 1.807) is 0 Å². The fraction of sp³-hybridized carbons (Fsp3) is 0.615. The van der Waals surface area contributed by atoms with Gasteiger partial charge in [0.2, 0.25) is 0 Å². The second-order valence-corrected chi connectivity index (χ2v) is 7.54. The highest BCUT2D eigenvalue weighted by Crippen LogP contribution is 2.24. The van der Waals surface area contributed by atoms with Gasteiger partial charge in [-0.05, 0) is 41.0 Å². The average Bonchev–Trinajstić information content (AvgIpc) is 3.09. The summed E-state index contributed by atoms with van der Waals surface area (Å²) in [5, 5.41) is 3.41. The van der Waals surface area contributed by atoms with Crippen molar-refractivity contribution < 1.29 is 4.79 Å². The largest absolute Gasteiger partial charge is 0.335 e. The van der Waals surface area contributed by atoms with Gasteiger partial charge in [-0.2, -0.15) is 0 Å². The molecule has 0 bridgehead atoms. The fourth-order valence-corrected chi connectivity index (χ4v) is 4.18. The molecule has 0 aliphatic carbocycles. The normalized spacial score (nSPS) is 24.9. The van der Waals surface area contributed by atoms with Crippen LogP contribution in [-0.2, 0) is 0 Å². The predicted molar refractivity (Wildman–Crippen MR) is 80.8 cm³/mol. The van der Waals surface area contributed by atoms with Gasteiger partial charge >= 0.3 is 0 Å². The van der Waals surface area contributed by atoms with E-state index in [-0.39, 0.29) is 5.91 Å². The van der Waals surface area contributed by atoms with Gasteiger partial charge in [0, 0.05) is 38.8 Å². The van der Waals surface area contributed by atoms with Crippen molar-refractivity contribution in [3.8, 4) is 0 Å². The Hall–Kier alpha value is -0.430. The van der Waals surface area contributed by atoms with Gasteiger partial charge in [-0.1, -0.05) is 0 Å². The molecule has 4 nitrogen and oxygen atoms in total. The third kappa shape index (κ3) is 3.02. The molecule has 1 amide bonds. The van der Waals surface area contributed by atoms with Gasteiger partial charge in [0.15, 0.2) is 0 Å². The Balaban J connectivity index is 1.56. The molecule has 3 heterocycles. The van der Waals surface area contributed by atoms with Crippen LogP contribution in [0.2, 0.25) is 0 Å². The summed E-state index contributed by atoms with van der Waals surface area (Å²) in [4.78, 5) is 17.7. The standard InChI is InChI=1S/C13H18BrN3OS/c14-12-2-1-11(19-12)13(18)17-7-5-16(6-8-17)10-3-4-15-9-10/h1-2,10,15H,3-9H2. The van der Waals surface area contributed by atoms with Crippen molar-refractivity contribution in [1.82, 2.24) is 15.1 Å². The van der Waals surface area contributed by atoms with E-state index < -0.39 is 0 Å². The van der Waals surface area contributed by atoms with Crippen molar-refractivity contribution in [3.05, 3.63) is 20.8 Å². The zero-order valence-electron chi connectivity index (χ0n) is 10.8. The lowest BCUT2D eigenvalue weighted by Crippen LogP contribution is -2.52. The number of nitrogens with one attached hydrogen (secondary N) is 1. The molecule has 0 aromatic carbocycles. The quantitative estimate of drug-likeness (QED) is 0.886. The average molecular weight is 344 g/mol. The maximum absolute atomic E-state index is 12.3. The number of hydrogen-bond donors (Lipinski definition) is 1. The molecule has 1 aromatic heterocycles. The van der Waals surface area contributed by atoms with Crippen molar-refractivity contribution in [2.24, 2.45) is 0 Å². The molecule has 2 aliphatic rings. The molecule has 2 saturated heterocycles. The van der Waals surface area contributed by atoms with E-state index in [1.165, 1.54) is 17.8 Å². The molecule has 2 aliphatic heterocycles. The third-order valence-electron chi connectivity index (χ3n) is 3.94. The number of nitrogens with zero attached hydrogens (tertiary/aromatic N) is 2. The molecule has 19 heavy (non-hydrogen) atoms. The number of halogens is 1. The zero-order chi connectivity index (χ0) is 13.2. The highest BCUT2D eigenvalue weighted by Gasteiger charge is 2.28. The van der Waals surface area contributed by atoms with Crippen LogP contribution in [0.4, 0.5) is 0 Å². The van der Waals surface area contributed by atoms with Gasteiger partial charge in [-0.3, -0.25) is 9.69 Å². The number of piperazine rings is 1. The van der Waals surface area contributed by atoms with E-state index in [2.05, 4.69) is 26.1 Å². The van der Waals surface area contributed by atoms with Gasteiger partial charge in [-0.15, -0.1) is 11.3 Å². The van der Waals surface area contributed by atoms with Gasteiger partial charge in [0.1, 0.15) is 0 Å². The number of amides is 1. The van der Waals surface area contributed by atoms with Crippen molar-refractivity contribution >= 4 is 33.2 Å². The van der Waals surface area contributed by atoms with Crippen LogP contribution in [0, 0.1) is 0 Å². The smallest absolute Gasteiger partial charge is 0.264 e. The monoisotopic (exact) mass is 343 g/mol. The molecule has 1 atom stereocenters. The van der Waals surface area contributed by atoms with E-state index in [0.29, 0.717) is 6.04 Å². The minimum atomic E-state index is 0.180. The second kappa shape index (κ2) is 5.91. The Morgan fingerprint density at radius 2 is 2.11 bits per heavy atom. The first-order valence-corrected chi connectivity index (χ1v) is 8.34. The van der Waals surface area contributed by atoms with Crippen LogP contribution in [0.15, 0.2) is 15.9 Å². The minimum Gasteiger partial charge on any atom is -0.335 e. The molecular formula is C13H18BrN3OS.